The van der Waals surface area contributed by atoms with Crippen LogP contribution < -0.4 is 16.2 Å². The summed E-state index contributed by atoms with van der Waals surface area (Å²) >= 11 is 0. The first kappa shape index (κ1) is 13.5. The quantitative estimate of drug-likeness (QED) is 0.482. The van der Waals surface area contributed by atoms with Crippen molar-refractivity contribution in [2.45, 2.75) is 25.7 Å². The zero-order chi connectivity index (χ0) is 13.8. The second kappa shape index (κ2) is 5.79. The number of carbonyl (C=O) groups excluding carboxylic acids is 2. The van der Waals surface area contributed by atoms with Crippen molar-refractivity contribution in [3.8, 4) is 0 Å². The molecule has 6 heteroatoms. The highest BCUT2D eigenvalue weighted by atomic mass is 19.1. The molecule has 0 saturated heterocycles. The predicted molar refractivity (Wildman–Crippen MR) is 68.6 cm³/mol. The zero-order valence-electron chi connectivity index (χ0n) is 10.5. The molecule has 1 aliphatic heterocycles. The molecule has 0 saturated carbocycles. The molecule has 3 N–H and O–H groups in total. The first-order chi connectivity index (χ1) is 9.11. The van der Waals surface area contributed by atoms with E-state index < -0.39 is 0 Å². The van der Waals surface area contributed by atoms with Crippen LogP contribution in [0.25, 0.3) is 0 Å². The van der Waals surface area contributed by atoms with E-state index in [4.69, 9.17) is 5.84 Å². The number of amides is 2. The van der Waals surface area contributed by atoms with E-state index in [0.717, 1.165) is 11.3 Å². The van der Waals surface area contributed by atoms with Gasteiger partial charge in [-0.3, -0.25) is 15.0 Å². The Kier molecular flexibility index (Phi) is 4.11. The highest BCUT2D eigenvalue weighted by Crippen LogP contribution is 2.28. The SMILES string of the molecule is NNC(=O)CCCN1C(=O)CCc2cc(F)ccc21. The van der Waals surface area contributed by atoms with Crippen LogP contribution in [0, 0.1) is 5.82 Å². The molecule has 0 spiro atoms. The van der Waals surface area contributed by atoms with E-state index in [-0.39, 0.29) is 24.1 Å². The van der Waals surface area contributed by atoms with E-state index in [1.54, 1.807) is 11.0 Å². The molecule has 2 rings (SSSR count). The molecule has 19 heavy (non-hydrogen) atoms. The zero-order valence-corrected chi connectivity index (χ0v) is 10.5. The number of hydrogen-bond acceptors (Lipinski definition) is 3. The first-order valence-electron chi connectivity index (χ1n) is 6.20. The van der Waals surface area contributed by atoms with Gasteiger partial charge < -0.3 is 4.90 Å². The van der Waals surface area contributed by atoms with E-state index in [1.807, 2.05) is 5.43 Å². The summed E-state index contributed by atoms with van der Waals surface area (Å²) in [4.78, 5) is 24.5. The van der Waals surface area contributed by atoms with Gasteiger partial charge in [0.2, 0.25) is 11.8 Å². The lowest BCUT2D eigenvalue weighted by molar-refractivity contribution is -0.122. The summed E-state index contributed by atoms with van der Waals surface area (Å²) in [6.07, 6.45) is 1.72. The second-order valence-corrected chi connectivity index (χ2v) is 4.49. The minimum absolute atomic E-state index is 0.00673. The monoisotopic (exact) mass is 265 g/mol. The molecular formula is C13H16FN3O2. The fourth-order valence-corrected chi connectivity index (χ4v) is 2.24. The van der Waals surface area contributed by atoms with E-state index in [1.165, 1.54) is 12.1 Å². The maximum absolute atomic E-state index is 13.2. The van der Waals surface area contributed by atoms with E-state index >= 15 is 0 Å². The Morgan fingerprint density at radius 3 is 2.95 bits per heavy atom. The van der Waals surface area contributed by atoms with Crippen LogP contribution in [-0.2, 0) is 16.0 Å². The number of carbonyl (C=O) groups is 2. The van der Waals surface area contributed by atoms with Gasteiger partial charge in [-0.25, -0.2) is 10.2 Å². The molecule has 1 aromatic rings. The molecule has 1 aromatic carbocycles. The van der Waals surface area contributed by atoms with Gasteiger partial charge >= 0.3 is 0 Å². The normalized spacial score (nSPS) is 14.2. The van der Waals surface area contributed by atoms with Crippen molar-refractivity contribution in [2.24, 2.45) is 5.84 Å². The molecule has 1 heterocycles. The summed E-state index contributed by atoms with van der Waals surface area (Å²) in [6.45, 7) is 0.435. The molecule has 0 bridgehead atoms. The van der Waals surface area contributed by atoms with Crippen LogP contribution in [0.15, 0.2) is 18.2 Å². The Balaban J connectivity index is 2.08. The fourth-order valence-electron chi connectivity index (χ4n) is 2.24. The third-order valence-electron chi connectivity index (χ3n) is 3.19. The van der Waals surface area contributed by atoms with Gasteiger partial charge in [0.1, 0.15) is 5.82 Å². The van der Waals surface area contributed by atoms with E-state index in [9.17, 15) is 14.0 Å². The molecule has 0 fully saturated rings. The third-order valence-corrected chi connectivity index (χ3v) is 3.19. The lowest BCUT2D eigenvalue weighted by Crippen LogP contribution is -2.37. The molecule has 2 amide bonds. The average Bonchev–Trinajstić information content (AvgIpc) is 2.41. The number of halogens is 1. The molecule has 0 aromatic heterocycles. The van der Waals surface area contributed by atoms with Crippen molar-refractivity contribution < 1.29 is 14.0 Å². The van der Waals surface area contributed by atoms with Crippen molar-refractivity contribution in [2.75, 3.05) is 11.4 Å². The van der Waals surface area contributed by atoms with Gasteiger partial charge in [-0.2, -0.15) is 0 Å². The molecular weight excluding hydrogens is 249 g/mol. The average molecular weight is 265 g/mol. The summed E-state index contributed by atoms with van der Waals surface area (Å²) < 4.78 is 13.2. The third kappa shape index (κ3) is 3.08. The highest BCUT2D eigenvalue weighted by Gasteiger charge is 2.24. The van der Waals surface area contributed by atoms with Crippen LogP contribution in [0.1, 0.15) is 24.8 Å². The van der Waals surface area contributed by atoms with Gasteiger partial charge in [0.25, 0.3) is 0 Å². The maximum Gasteiger partial charge on any atom is 0.233 e. The second-order valence-electron chi connectivity index (χ2n) is 4.49. The number of hydrazine groups is 1. The topological polar surface area (TPSA) is 75.4 Å². The summed E-state index contributed by atoms with van der Waals surface area (Å²) in [7, 11) is 0. The summed E-state index contributed by atoms with van der Waals surface area (Å²) in [6, 6.07) is 4.42. The Morgan fingerprint density at radius 1 is 1.42 bits per heavy atom. The van der Waals surface area contributed by atoms with Crippen molar-refractivity contribution in [3.05, 3.63) is 29.6 Å². The lowest BCUT2D eigenvalue weighted by Gasteiger charge is -2.29. The molecule has 5 nitrogen and oxygen atoms in total. The number of aryl methyl sites for hydroxylation is 1. The Hall–Kier alpha value is -1.95. The molecule has 102 valence electrons. The van der Waals surface area contributed by atoms with Crippen LogP contribution in [0.4, 0.5) is 10.1 Å². The lowest BCUT2D eigenvalue weighted by atomic mass is 10.0. The fraction of sp³-hybridized carbons (Fsp3) is 0.385. The molecule has 0 unspecified atom stereocenters. The highest BCUT2D eigenvalue weighted by molar-refractivity contribution is 5.96. The van der Waals surface area contributed by atoms with Crippen LogP contribution >= 0.6 is 0 Å². The van der Waals surface area contributed by atoms with Crippen LogP contribution in [0.2, 0.25) is 0 Å². The maximum atomic E-state index is 13.2. The van der Waals surface area contributed by atoms with Gasteiger partial charge in [0, 0.05) is 25.1 Å². The number of fused-ring (bicyclic) bond motifs is 1. The van der Waals surface area contributed by atoms with Gasteiger partial charge in [-0.1, -0.05) is 0 Å². The predicted octanol–water partition coefficient (Wildman–Crippen LogP) is 0.875. The number of nitrogens with zero attached hydrogens (tertiary/aromatic N) is 1. The van der Waals surface area contributed by atoms with Crippen molar-refractivity contribution in [1.82, 2.24) is 5.43 Å². The molecule has 0 aliphatic carbocycles. The van der Waals surface area contributed by atoms with Gasteiger partial charge in [0.05, 0.1) is 0 Å². The van der Waals surface area contributed by atoms with Gasteiger partial charge in [0.15, 0.2) is 0 Å². The Morgan fingerprint density at radius 2 is 2.21 bits per heavy atom. The number of rotatable bonds is 4. The molecule has 0 radical (unpaired) electrons. The number of hydrogen-bond donors (Lipinski definition) is 2. The minimum atomic E-state index is -0.296. The molecule has 0 atom stereocenters. The standard InChI is InChI=1S/C13H16FN3O2/c14-10-4-5-11-9(8-10)3-6-13(19)17(11)7-1-2-12(18)16-15/h4-5,8H,1-3,6-7,15H2,(H,16,18). The smallest absolute Gasteiger partial charge is 0.233 e. The van der Waals surface area contributed by atoms with Crippen LogP contribution in [-0.4, -0.2) is 18.4 Å². The summed E-state index contributed by atoms with van der Waals surface area (Å²) in [5.74, 6) is 4.44. The van der Waals surface area contributed by atoms with Crippen molar-refractivity contribution in [1.29, 1.82) is 0 Å². The summed E-state index contributed by atoms with van der Waals surface area (Å²) in [5.41, 5.74) is 3.63. The van der Waals surface area contributed by atoms with E-state index in [2.05, 4.69) is 0 Å². The Bertz CT molecular complexity index is 505. The van der Waals surface area contributed by atoms with Gasteiger partial charge in [-0.05, 0) is 36.6 Å². The molecule has 1 aliphatic rings. The first-order valence-corrected chi connectivity index (χ1v) is 6.20. The van der Waals surface area contributed by atoms with Crippen molar-refractivity contribution >= 4 is 17.5 Å². The number of nitrogens with two attached hydrogens (primary N) is 1. The van der Waals surface area contributed by atoms with Gasteiger partial charge in [-0.15, -0.1) is 0 Å². The Labute approximate surface area is 110 Å². The van der Waals surface area contributed by atoms with Crippen LogP contribution in [0.3, 0.4) is 0 Å². The van der Waals surface area contributed by atoms with Crippen LogP contribution in [0.5, 0.6) is 0 Å². The number of anilines is 1. The van der Waals surface area contributed by atoms with E-state index in [0.29, 0.717) is 25.8 Å². The van der Waals surface area contributed by atoms with Crippen molar-refractivity contribution in [3.63, 3.8) is 0 Å². The number of nitrogens with one attached hydrogen (secondary N) is 1. The number of benzene rings is 1. The summed E-state index contributed by atoms with van der Waals surface area (Å²) in [5, 5.41) is 0. The minimum Gasteiger partial charge on any atom is -0.312 e. The largest absolute Gasteiger partial charge is 0.312 e.